The van der Waals surface area contributed by atoms with Gasteiger partial charge < -0.3 is 14.4 Å². The van der Waals surface area contributed by atoms with E-state index in [1.54, 1.807) is 0 Å². The molecule has 0 unspecified atom stereocenters. The average molecular weight is 346 g/mol. The van der Waals surface area contributed by atoms with E-state index in [0.717, 1.165) is 16.8 Å². The van der Waals surface area contributed by atoms with Crippen LogP contribution in [0, 0.1) is 0 Å². The molecule has 0 bridgehead atoms. The Kier molecular flexibility index (Phi) is 4.44. The molecule has 24 heavy (non-hydrogen) atoms. The second-order valence-electron chi connectivity index (χ2n) is 8.13. The normalized spacial score (nSPS) is 21.0. The van der Waals surface area contributed by atoms with Gasteiger partial charge in [-0.1, -0.05) is 57.8 Å². The van der Waals surface area contributed by atoms with Gasteiger partial charge in [-0.2, -0.15) is 0 Å². The van der Waals surface area contributed by atoms with Crippen LogP contribution in [-0.2, 0) is 14.3 Å². The minimum absolute atomic E-state index is 0.0696. The maximum Gasteiger partial charge on any atom is 0.258 e. The van der Waals surface area contributed by atoms with Crippen molar-refractivity contribution in [3.05, 3.63) is 35.5 Å². The third kappa shape index (κ3) is 3.08. The van der Waals surface area contributed by atoms with E-state index < -0.39 is 8.07 Å². The smallest absolute Gasteiger partial charge is 0.258 e. The van der Waals surface area contributed by atoms with Gasteiger partial charge in [0.1, 0.15) is 0 Å². The minimum atomic E-state index is -1.73. The highest BCUT2D eigenvalue weighted by molar-refractivity contribution is 6.86. The van der Waals surface area contributed by atoms with Crippen LogP contribution < -0.4 is 4.90 Å². The molecule has 0 radical (unpaired) electrons. The molecule has 1 amide bonds. The summed E-state index contributed by atoms with van der Waals surface area (Å²) in [6.07, 6.45) is -0.325. The number of ether oxygens (including phenoxy) is 2. The first-order valence-electron chi connectivity index (χ1n) is 8.58. The molecule has 0 aliphatic carbocycles. The van der Waals surface area contributed by atoms with Crippen molar-refractivity contribution in [3.63, 3.8) is 0 Å². The summed E-state index contributed by atoms with van der Waals surface area (Å²) in [4.78, 5) is 14.9. The third-order valence-corrected chi connectivity index (χ3v) is 10.3. The van der Waals surface area contributed by atoms with E-state index in [1.165, 1.54) is 0 Å². The molecule has 0 N–H and O–H groups in total. The number of carbonyl (C=O) groups is 1. The Morgan fingerprint density at radius 1 is 1.21 bits per heavy atom. The second-order valence-corrected chi connectivity index (χ2v) is 13.4. The van der Waals surface area contributed by atoms with Gasteiger partial charge in [0.15, 0.2) is 6.29 Å². The molecule has 2 aliphatic rings. The summed E-state index contributed by atoms with van der Waals surface area (Å²) >= 11 is 0. The van der Waals surface area contributed by atoms with Crippen molar-refractivity contribution in [2.24, 2.45) is 0 Å². The monoisotopic (exact) mass is 345 g/mol. The van der Waals surface area contributed by atoms with Crippen LogP contribution >= 0.6 is 0 Å². The van der Waals surface area contributed by atoms with Crippen LogP contribution in [0.15, 0.2) is 30.0 Å². The number of hydrogen-bond donors (Lipinski definition) is 0. The van der Waals surface area contributed by atoms with Crippen LogP contribution in [0.25, 0.3) is 5.57 Å². The van der Waals surface area contributed by atoms with Crippen LogP contribution in [-0.4, -0.2) is 40.0 Å². The Labute approximate surface area is 145 Å². The fourth-order valence-corrected chi connectivity index (χ4v) is 4.30. The fourth-order valence-electron chi connectivity index (χ4n) is 2.87. The van der Waals surface area contributed by atoms with Crippen molar-refractivity contribution in [2.45, 2.75) is 45.2 Å². The molecule has 0 atom stereocenters. The Balaban J connectivity index is 1.98. The summed E-state index contributed by atoms with van der Waals surface area (Å²) in [6, 6.07) is 8.03. The van der Waals surface area contributed by atoms with E-state index in [4.69, 9.17) is 9.47 Å². The van der Waals surface area contributed by atoms with Gasteiger partial charge in [-0.25, -0.2) is 0 Å². The first-order chi connectivity index (χ1) is 11.2. The summed E-state index contributed by atoms with van der Waals surface area (Å²) < 4.78 is 11.1. The lowest BCUT2D eigenvalue weighted by atomic mass is 10.1. The van der Waals surface area contributed by atoms with E-state index in [-0.39, 0.29) is 17.2 Å². The van der Waals surface area contributed by atoms with Gasteiger partial charge in [0.2, 0.25) is 0 Å². The summed E-state index contributed by atoms with van der Waals surface area (Å²) in [5.74, 6) is 0.0696. The van der Waals surface area contributed by atoms with E-state index in [1.807, 2.05) is 29.2 Å². The van der Waals surface area contributed by atoms with Gasteiger partial charge >= 0.3 is 0 Å². The van der Waals surface area contributed by atoms with Gasteiger partial charge in [0, 0.05) is 11.1 Å². The zero-order chi connectivity index (χ0) is 17.5. The highest BCUT2D eigenvalue weighted by Gasteiger charge is 2.39. The molecular weight excluding hydrogens is 318 g/mol. The van der Waals surface area contributed by atoms with Gasteiger partial charge in [-0.3, -0.25) is 4.79 Å². The number of nitrogens with zero attached hydrogens (tertiary/aromatic N) is 1. The lowest BCUT2D eigenvalue weighted by Crippen LogP contribution is -2.37. The van der Waals surface area contributed by atoms with Crippen LogP contribution in [0.1, 0.15) is 26.3 Å². The highest BCUT2D eigenvalue weighted by atomic mass is 28.3. The molecule has 0 aromatic heterocycles. The Bertz CT molecular complexity index is 669. The largest absolute Gasteiger partial charge is 0.348 e. The predicted octanol–water partition coefficient (Wildman–Crippen LogP) is 3.84. The predicted molar refractivity (Wildman–Crippen MR) is 99.7 cm³/mol. The molecule has 130 valence electrons. The Morgan fingerprint density at radius 2 is 1.83 bits per heavy atom. The van der Waals surface area contributed by atoms with E-state index >= 15 is 0 Å². The maximum absolute atomic E-state index is 13.1. The van der Waals surface area contributed by atoms with Crippen LogP contribution in [0.3, 0.4) is 0 Å². The van der Waals surface area contributed by atoms with Crippen LogP contribution in [0.2, 0.25) is 18.1 Å². The van der Waals surface area contributed by atoms with Gasteiger partial charge in [0.25, 0.3) is 5.91 Å². The second kappa shape index (κ2) is 6.13. The van der Waals surface area contributed by atoms with Gasteiger partial charge in [0.05, 0.1) is 33.5 Å². The Hall–Kier alpha value is -1.43. The van der Waals surface area contributed by atoms with Crippen molar-refractivity contribution in [1.29, 1.82) is 0 Å². The fraction of sp³-hybridized carbons (Fsp3) is 0.526. The van der Waals surface area contributed by atoms with Gasteiger partial charge in [-0.15, -0.1) is 0 Å². The van der Waals surface area contributed by atoms with Crippen molar-refractivity contribution in [2.75, 3.05) is 24.7 Å². The molecule has 4 nitrogen and oxygen atoms in total. The average Bonchev–Trinajstić information content (AvgIpc) is 3.09. The summed E-state index contributed by atoms with van der Waals surface area (Å²) in [5.41, 5.74) is 5.11. The number of hydrogen-bond acceptors (Lipinski definition) is 3. The first-order valence-corrected chi connectivity index (χ1v) is 11.7. The molecule has 1 fully saturated rings. The van der Waals surface area contributed by atoms with Crippen molar-refractivity contribution in [3.8, 4) is 0 Å². The number of rotatable bonds is 3. The number of para-hydroxylation sites is 1. The lowest BCUT2D eigenvalue weighted by Gasteiger charge is -2.34. The highest BCUT2D eigenvalue weighted by Crippen LogP contribution is 2.42. The van der Waals surface area contributed by atoms with Crippen molar-refractivity contribution >= 4 is 25.2 Å². The SMILES string of the molecule is CC(C)(C)[Si](C)(C)/C=C1/C(=O)N(CC2OCCO2)c2ccccc21. The number of carbonyl (C=O) groups excluding carboxylic acids is 1. The zero-order valence-corrected chi connectivity index (χ0v) is 16.3. The van der Waals surface area contributed by atoms with Gasteiger partial charge in [-0.05, 0) is 11.1 Å². The lowest BCUT2D eigenvalue weighted by molar-refractivity contribution is -0.114. The summed E-state index contributed by atoms with van der Waals surface area (Å²) in [6.45, 7) is 13.1. The quantitative estimate of drug-likeness (QED) is 0.617. The third-order valence-electron chi connectivity index (χ3n) is 5.42. The number of fused-ring (bicyclic) bond motifs is 1. The molecule has 2 aliphatic heterocycles. The number of anilines is 1. The summed E-state index contributed by atoms with van der Waals surface area (Å²) in [5, 5.41) is 0.195. The van der Waals surface area contributed by atoms with E-state index in [2.05, 4.69) is 39.6 Å². The first kappa shape index (κ1) is 17.4. The topological polar surface area (TPSA) is 38.8 Å². The molecule has 3 rings (SSSR count). The summed E-state index contributed by atoms with van der Waals surface area (Å²) in [7, 11) is -1.73. The molecule has 0 spiro atoms. The van der Waals surface area contributed by atoms with E-state index in [0.29, 0.717) is 19.8 Å². The molecule has 1 aromatic carbocycles. The van der Waals surface area contributed by atoms with Crippen LogP contribution in [0.4, 0.5) is 5.69 Å². The number of benzene rings is 1. The van der Waals surface area contributed by atoms with Crippen molar-refractivity contribution < 1.29 is 14.3 Å². The Morgan fingerprint density at radius 3 is 2.46 bits per heavy atom. The molecular formula is C19H27NO3Si. The zero-order valence-electron chi connectivity index (χ0n) is 15.3. The molecule has 1 aromatic rings. The molecule has 0 saturated carbocycles. The molecule has 5 heteroatoms. The minimum Gasteiger partial charge on any atom is -0.348 e. The maximum atomic E-state index is 13.1. The number of amides is 1. The van der Waals surface area contributed by atoms with Crippen LogP contribution in [0.5, 0.6) is 0 Å². The van der Waals surface area contributed by atoms with E-state index in [9.17, 15) is 4.79 Å². The molecule has 1 saturated heterocycles. The van der Waals surface area contributed by atoms with Crippen molar-refractivity contribution in [1.82, 2.24) is 0 Å². The molecule has 2 heterocycles. The standard InChI is InChI=1S/C19H27NO3Si/c1-19(2,3)24(4,5)13-15-14-8-6-7-9-16(14)20(18(15)21)12-17-22-10-11-23-17/h6-9,13,17H,10-12H2,1-5H3/b15-13+.